The van der Waals surface area contributed by atoms with E-state index in [1.165, 1.54) is 0 Å². The van der Waals surface area contributed by atoms with E-state index >= 15 is 0 Å². The summed E-state index contributed by atoms with van der Waals surface area (Å²) in [6.07, 6.45) is 0. The van der Waals surface area contributed by atoms with Gasteiger partial charge in [0, 0.05) is 26.4 Å². The van der Waals surface area contributed by atoms with E-state index in [1.54, 1.807) is 0 Å². The fourth-order valence-corrected chi connectivity index (χ4v) is 2.87. The number of hydrogen-bond acceptors (Lipinski definition) is 4. The molecule has 0 aliphatic heterocycles. The second kappa shape index (κ2) is 10.2. The van der Waals surface area contributed by atoms with E-state index in [2.05, 4.69) is 0 Å². The Morgan fingerprint density at radius 2 is 0.857 bits per heavy atom. The van der Waals surface area contributed by atoms with Gasteiger partial charge in [-0.2, -0.15) is 0 Å². The minimum atomic E-state index is -2.80. The molecule has 0 N–H and O–H groups in total. The van der Waals surface area contributed by atoms with Crippen molar-refractivity contribution in [3.05, 3.63) is 0 Å². The zero-order valence-corrected chi connectivity index (χ0v) is 9.96. The van der Waals surface area contributed by atoms with Crippen LogP contribution in [0.15, 0.2) is 0 Å². The van der Waals surface area contributed by atoms with Gasteiger partial charge in [-0.1, -0.05) is 0 Å². The van der Waals surface area contributed by atoms with Crippen molar-refractivity contribution in [2.45, 2.75) is 27.7 Å². The molecule has 0 aliphatic carbocycles. The van der Waals surface area contributed by atoms with E-state index in [0.29, 0.717) is 26.4 Å². The Morgan fingerprint density at radius 1 is 0.643 bits per heavy atom. The Kier molecular flexibility index (Phi) is 12.4. The molecule has 0 heterocycles. The summed E-state index contributed by atoms with van der Waals surface area (Å²) in [5.41, 5.74) is 0. The van der Waals surface area contributed by atoms with Gasteiger partial charge in [0.1, 0.15) is 0 Å². The third kappa shape index (κ3) is 6.20. The van der Waals surface area contributed by atoms with Crippen LogP contribution in [-0.2, 0) is 17.7 Å². The molecule has 0 radical (unpaired) electrons. The van der Waals surface area contributed by atoms with Crippen molar-refractivity contribution in [1.29, 1.82) is 0 Å². The molecular formula is C8H21LiO4Si. The van der Waals surface area contributed by atoms with Gasteiger partial charge in [0.05, 0.1) is 0 Å². The van der Waals surface area contributed by atoms with Crippen molar-refractivity contribution in [2.24, 2.45) is 0 Å². The first-order valence-electron chi connectivity index (χ1n) is 4.80. The SMILES string of the molecule is CCO[Si](OCC)(OCC)OCC.[LiH]. The molecule has 0 atom stereocenters. The standard InChI is InChI=1S/C8H20O4Si.Li.H/c1-5-9-13(10-6-2,11-7-3)12-8-4;;/h5-8H2,1-4H3;;. The van der Waals surface area contributed by atoms with Crippen molar-refractivity contribution in [1.82, 2.24) is 0 Å². The average Bonchev–Trinajstić information content (AvgIpc) is 2.06. The van der Waals surface area contributed by atoms with Crippen LogP contribution in [0.5, 0.6) is 0 Å². The van der Waals surface area contributed by atoms with Crippen molar-refractivity contribution >= 4 is 27.9 Å². The van der Waals surface area contributed by atoms with Gasteiger partial charge in [0.15, 0.2) is 0 Å². The van der Waals surface area contributed by atoms with Gasteiger partial charge >= 0.3 is 27.9 Å². The monoisotopic (exact) mass is 216 g/mol. The van der Waals surface area contributed by atoms with Crippen molar-refractivity contribution in [3.63, 3.8) is 0 Å². The van der Waals surface area contributed by atoms with Gasteiger partial charge in [0.2, 0.25) is 0 Å². The van der Waals surface area contributed by atoms with Crippen molar-refractivity contribution in [2.75, 3.05) is 26.4 Å². The molecule has 4 nitrogen and oxygen atoms in total. The summed E-state index contributed by atoms with van der Waals surface area (Å²) in [6.45, 7) is 9.80. The van der Waals surface area contributed by atoms with Crippen LogP contribution >= 0.6 is 0 Å². The van der Waals surface area contributed by atoms with E-state index in [9.17, 15) is 0 Å². The maximum atomic E-state index is 5.42. The van der Waals surface area contributed by atoms with E-state index < -0.39 is 9.05 Å². The van der Waals surface area contributed by atoms with Crippen molar-refractivity contribution in [3.8, 4) is 0 Å². The fraction of sp³-hybridized carbons (Fsp3) is 1.00. The summed E-state index contributed by atoms with van der Waals surface area (Å²) in [7, 11) is -2.80. The van der Waals surface area contributed by atoms with E-state index in [1.807, 2.05) is 27.7 Å². The summed E-state index contributed by atoms with van der Waals surface area (Å²) in [5.74, 6) is 0. The normalized spacial score (nSPS) is 11.1. The molecule has 0 aromatic heterocycles. The van der Waals surface area contributed by atoms with Crippen LogP contribution < -0.4 is 0 Å². The second-order valence-electron chi connectivity index (χ2n) is 2.23. The maximum absolute atomic E-state index is 5.42. The zero-order chi connectivity index (χ0) is 10.2. The van der Waals surface area contributed by atoms with Crippen LogP contribution in [0.3, 0.4) is 0 Å². The first kappa shape index (κ1) is 17.1. The Labute approximate surface area is 99.9 Å². The van der Waals surface area contributed by atoms with Crippen LogP contribution in [0.1, 0.15) is 27.7 Å². The van der Waals surface area contributed by atoms with Crippen molar-refractivity contribution < 1.29 is 17.7 Å². The molecule has 0 aromatic carbocycles. The third-order valence-electron chi connectivity index (χ3n) is 1.28. The molecule has 0 saturated carbocycles. The van der Waals surface area contributed by atoms with Crippen LogP contribution in [0.4, 0.5) is 0 Å². The molecule has 0 aliphatic rings. The second-order valence-corrected chi connectivity index (χ2v) is 4.39. The molecular weight excluding hydrogens is 195 g/mol. The summed E-state index contributed by atoms with van der Waals surface area (Å²) in [5, 5.41) is 0. The predicted molar refractivity (Wildman–Crippen MR) is 59.4 cm³/mol. The summed E-state index contributed by atoms with van der Waals surface area (Å²) in [6, 6.07) is 0. The van der Waals surface area contributed by atoms with Gasteiger partial charge in [-0.25, -0.2) is 0 Å². The first-order valence-corrected chi connectivity index (χ1v) is 6.43. The Morgan fingerprint density at radius 3 is 1.00 bits per heavy atom. The van der Waals surface area contributed by atoms with Crippen LogP contribution in [0.2, 0.25) is 0 Å². The third-order valence-corrected chi connectivity index (χ3v) is 3.85. The average molecular weight is 216 g/mol. The predicted octanol–water partition coefficient (Wildman–Crippen LogP) is 0.919. The molecule has 0 bridgehead atoms. The molecule has 0 unspecified atom stereocenters. The van der Waals surface area contributed by atoms with E-state index in [4.69, 9.17) is 17.7 Å². The van der Waals surface area contributed by atoms with Crippen LogP contribution in [0, 0.1) is 0 Å². The van der Waals surface area contributed by atoms with Gasteiger partial charge in [-0.05, 0) is 27.7 Å². The molecule has 82 valence electrons. The van der Waals surface area contributed by atoms with Gasteiger partial charge in [-0.15, -0.1) is 0 Å². The topological polar surface area (TPSA) is 36.9 Å². The summed E-state index contributed by atoms with van der Waals surface area (Å²) < 4.78 is 21.7. The summed E-state index contributed by atoms with van der Waals surface area (Å²) >= 11 is 0. The Hall–Kier alpha value is 0.654. The van der Waals surface area contributed by atoms with Gasteiger partial charge < -0.3 is 17.7 Å². The Balaban J connectivity index is 0. The molecule has 14 heavy (non-hydrogen) atoms. The number of rotatable bonds is 8. The Bertz CT molecular complexity index is 96.4. The molecule has 0 rings (SSSR count). The molecule has 0 aromatic rings. The molecule has 0 fully saturated rings. The zero-order valence-electron chi connectivity index (χ0n) is 8.96. The summed E-state index contributed by atoms with van der Waals surface area (Å²) in [4.78, 5) is 0. The quantitative estimate of drug-likeness (QED) is 0.565. The van der Waals surface area contributed by atoms with E-state index in [0.717, 1.165) is 0 Å². The molecule has 0 spiro atoms. The van der Waals surface area contributed by atoms with Gasteiger partial charge in [0.25, 0.3) is 0 Å². The van der Waals surface area contributed by atoms with Crippen LogP contribution in [-0.4, -0.2) is 54.3 Å². The van der Waals surface area contributed by atoms with E-state index in [-0.39, 0.29) is 18.9 Å². The molecule has 0 saturated heterocycles. The number of hydrogen-bond donors (Lipinski definition) is 0. The first-order chi connectivity index (χ1) is 6.24. The van der Waals surface area contributed by atoms with Crippen LogP contribution in [0.25, 0.3) is 0 Å². The van der Waals surface area contributed by atoms with Gasteiger partial charge in [-0.3, -0.25) is 0 Å². The fourth-order valence-electron chi connectivity index (χ4n) is 0.957. The molecule has 0 amide bonds. The molecule has 6 heteroatoms. The minimum absolute atomic E-state index is 0.